The van der Waals surface area contributed by atoms with Gasteiger partial charge in [0.25, 0.3) is 10.0 Å². The number of benzene rings is 2. The third-order valence-corrected chi connectivity index (χ3v) is 7.99. The number of nitrogens with one attached hydrogen (secondary N) is 2. The van der Waals surface area contributed by atoms with E-state index in [0.29, 0.717) is 37.6 Å². The Labute approximate surface area is 205 Å². The van der Waals surface area contributed by atoms with E-state index in [1.807, 2.05) is 13.0 Å². The number of anilines is 2. The number of amides is 1. The highest BCUT2D eigenvalue weighted by molar-refractivity contribution is 7.92. The summed E-state index contributed by atoms with van der Waals surface area (Å²) in [5, 5.41) is 13.0. The van der Waals surface area contributed by atoms with E-state index in [1.54, 1.807) is 23.1 Å². The number of nitrogens with zero attached hydrogens (tertiary/aromatic N) is 1. The first-order valence-corrected chi connectivity index (χ1v) is 13.4. The van der Waals surface area contributed by atoms with Crippen molar-refractivity contribution in [3.63, 3.8) is 0 Å². The number of carboxylic acids is 1. The van der Waals surface area contributed by atoms with Crippen LogP contribution in [-0.4, -0.2) is 63.1 Å². The fraction of sp³-hybridized carbons (Fsp3) is 0.440. The van der Waals surface area contributed by atoms with Crippen LogP contribution in [-0.2, 0) is 26.0 Å². The second-order valence-electron chi connectivity index (χ2n) is 8.93. The molecule has 35 heavy (non-hydrogen) atoms. The van der Waals surface area contributed by atoms with E-state index < -0.39 is 16.0 Å². The van der Waals surface area contributed by atoms with Gasteiger partial charge in [-0.1, -0.05) is 25.1 Å². The Morgan fingerprint density at radius 1 is 1.11 bits per heavy atom. The lowest BCUT2D eigenvalue weighted by Gasteiger charge is -2.27. The van der Waals surface area contributed by atoms with Gasteiger partial charge in [-0.3, -0.25) is 9.52 Å². The average Bonchev–Trinajstić information content (AvgIpc) is 2.84. The third kappa shape index (κ3) is 5.59. The van der Waals surface area contributed by atoms with Crippen molar-refractivity contribution >= 4 is 33.3 Å². The SMILES string of the molecule is CC1CCCc2ccc(NS(=O)(=O)c3ccccc3NCCC(=O)N3CCOCC3)c(C(=O)O)c21. The van der Waals surface area contributed by atoms with Gasteiger partial charge in [0.15, 0.2) is 0 Å². The van der Waals surface area contributed by atoms with Crippen LogP contribution in [0.15, 0.2) is 41.3 Å². The molecule has 0 aromatic heterocycles. The summed E-state index contributed by atoms with van der Waals surface area (Å²) in [6.45, 7) is 4.38. The van der Waals surface area contributed by atoms with E-state index in [4.69, 9.17) is 4.74 Å². The van der Waals surface area contributed by atoms with Crippen LogP contribution in [0.2, 0.25) is 0 Å². The van der Waals surface area contributed by atoms with Gasteiger partial charge in [0.05, 0.1) is 30.2 Å². The molecule has 2 aromatic carbocycles. The lowest BCUT2D eigenvalue weighted by atomic mass is 9.80. The van der Waals surface area contributed by atoms with Crippen LogP contribution in [0.5, 0.6) is 0 Å². The highest BCUT2D eigenvalue weighted by Gasteiger charge is 2.28. The van der Waals surface area contributed by atoms with Crippen LogP contribution >= 0.6 is 0 Å². The van der Waals surface area contributed by atoms with Gasteiger partial charge in [0.1, 0.15) is 4.90 Å². The van der Waals surface area contributed by atoms with Crippen LogP contribution in [0.25, 0.3) is 0 Å². The van der Waals surface area contributed by atoms with E-state index in [2.05, 4.69) is 10.0 Å². The summed E-state index contributed by atoms with van der Waals surface area (Å²) in [4.78, 5) is 26.3. The molecule has 1 atom stereocenters. The van der Waals surface area contributed by atoms with E-state index in [-0.39, 0.29) is 40.9 Å². The number of rotatable bonds is 8. The number of carboxylic acid groups (broad SMARTS) is 1. The van der Waals surface area contributed by atoms with E-state index in [1.165, 1.54) is 12.1 Å². The van der Waals surface area contributed by atoms with Crippen LogP contribution in [0, 0.1) is 0 Å². The minimum Gasteiger partial charge on any atom is -0.478 e. The van der Waals surface area contributed by atoms with Crippen molar-refractivity contribution in [3.8, 4) is 0 Å². The number of ether oxygens (including phenoxy) is 1. The molecule has 188 valence electrons. The van der Waals surface area contributed by atoms with Crippen molar-refractivity contribution < 1.29 is 27.9 Å². The zero-order chi connectivity index (χ0) is 25.0. The Bertz CT molecular complexity index is 1210. The van der Waals surface area contributed by atoms with Crippen LogP contribution in [0.1, 0.15) is 53.6 Å². The Kier molecular flexibility index (Phi) is 7.61. The number of sulfonamides is 1. The maximum Gasteiger partial charge on any atom is 0.338 e. The monoisotopic (exact) mass is 501 g/mol. The number of morpholine rings is 1. The standard InChI is InChI=1S/C25H31N3O6S/c1-17-5-4-6-18-9-10-20(24(23(17)18)25(30)31)27-35(32,33)21-8-3-2-7-19(21)26-12-11-22(29)28-13-15-34-16-14-28/h2-3,7-10,17,26-27H,4-6,11-16H2,1H3,(H,30,31). The fourth-order valence-corrected chi connectivity index (χ4v) is 6.08. The zero-order valence-corrected chi connectivity index (χ0v) is 20.6. The average molecular weight is 502 g/mol. The topological polar surface area (TPSA) is 125 Å². The Morgan fingerprint density at radius 3 is 2.60 bits per heavy atom. The van der Waals surface area contributed by atoms with Crippen molar-refractivity contribution in [1.82, 2.24) is 4.90 Å². The molecule has 0 bridgehead atoms. The number of aromatic carboxylic acids is 1. The van der Waals surface area contributed by atoms with Crippen molar-refractivity contribution in [1.29, 1.82) is 0 Å². The normalized spacial score (nSPS) is 18.0. The predicted molar refractivity (Wildman–Crippen MR) is 133 cm³/mol. The van der Waals surface area contributed by atoms with Crippen LogP contribution in [0.4, 0.5) is 11.4 Å². The highest BCUT2D eigenvalue weighted by atomic mass is 32.2. The Morgan fingerprint density at radius 2 is 1.86 bits per heavy atom. The van der Waals surface area contributed by atoms with Crippen molar-refractivity contribution in [3.05, 3.63) is 53.1 Å². The predicted octanol–water partition coefficient (Wildman–Crippen LogP) is 3.29. The number of para-hydroxylation sites is 1. The maximum absolute atomic E-state index is 13.4. The van der Waals surface area contributed by atoms with E-state index >= 15 is 0 Å². The van der Waals surface area contributed by atoms with Gasteiger partial charge in [-0.2, -0.15) is 0 Å². The second kappa shape index (κ2) is 10.7. The van der Waals surface area contributed by atoms with Crippen molar-refractivity contribution in [2.75, 3.05) is 42.9 Å². The number of hydrogen-bond acceptors (Lipinski definition) is 6. The summed E-state index contributed by atoms with van der Waals surface area (Å²) in [6.07, 6.45) is 2.83. The highest BCUT2D eigenvalue weighted by Crippen LogP contribution is 2.38. The van der Waals surface area contributed by atoms with Gasteiger partial charge >= 0.3 is 5.97 Å². The molecule has 0 saturated carbocycles. The lowest BCUT2D eigenvalue weighted by Crippen LogP contribution is -2.41. The molecule has 2 aromatic rings. The molecule has 1 aliphatic carbocycles. The number of fused-ring (bicyclic) bond motifs is 1. The summed E-state index contributed by atoms with van der Waals surface area (Å²) in [7, 11) is -4.10. The molecule has 0 radical (unpaired) electrons. The number of hydrogen-bond donors (Lipinski definition) is 3. The Balaban J connectivity index is 1.54. The van der Waals surface area contributed by atoms with Gasteiger partial charge < -0.3 is 20.1 Å². The largest absolute Gasteiger partial charge is 0.478 e. The molecular formula is C25H31N3O6S. The number of carbonyl (C=O) groups excluding carboxylic acids is 1. The summed E-state index contributed by atoms with van der Waals surface area (Å²) in [5.74, 6) is -1.14. The van der Waals surface area contributed by atoms with Gasteiger partial charge in [-0.05, 0) is 54.5 Å². The molecule has 3 N–H and O–H groups in total. The second-order valence-corrected chi connectivity index (χ2v) is 10.6. The third-order valence-electron chi connectivity index (χ3n) is 6.56. The molecule has 9 nitrogen and oxygen atoms in total. The van der Waals surface area contributed by atoms with Gasteiger partial charge in [0.2, 0.25) is 5.91 Å². The molecule has 1 heterocycles. The summed E-state index contributed by atoms with van der Waals surface area (Å²) in [6, 6.07) is 9.74. The lowest BCUT2D eigenvalue weighted by molar-refractivity contribution is -0.134. The molecule has 2 aliphatic rings. The Hall–Kier alpha value is -3.11. The van der Waals surface area contributed by atoms with Crippen molar-refractivity contribution in [2.45, 2.75) is 43.4 Å². The number of aryl methyl sites for hydroxylation is 1. The molecule has 0 spiro atoms. The molecule has 1 aliphatic heterocycles. The van der Waals surface area contributed by atoms with Crippen molar-refractivity contribution in [2.24, 2.45) is 0 Å². The molecule has 1 unspecified atom stereocenters. The first-order valence-electron chi connectivity index (χ1n) is 11.9. The van der Waals surface area contributed by atoms with Crippen LogP contribution in [0.3, 0.4) is 0 Å². The van der Waals surface area contributed by atoms with Gasteiger partial charge in [-0.25, -0.2) is 13.2 Å². The first-order chi connectivity index (χ1) is 16.8. The minimum absolute atomic E-state index is 0.0130. The molecule has 1 fully saturated rings. The molecule has 1 saturated heterocycles. The molecule has 1 amide bonds. The smallest absolute Gasteiger partial charge is 0.338 e. The quantitative estimate of drug-likeness (QED) is 0.507. The fourth-order valence-electron chi connectivity index (χ4n) is 4.82. The van der Waals surface area contributed by atoms with Crippen LogP contribution < -0.4 is 10.0 Å². The van der Waals surface area contributed by atoms with E-state index in [0.717, 1.165) is 24.8 Å². The molecule has 10 heteroatoms. The number of carbonyl (C=O) groups is 2. The molecular weight excluding hydrogens is 470 g/mol. The summed E-state index contributed by atoms with van der Waals surface area (Å²) in [5.41, 5.74) is 2.08. The summed E-state index contributed by atoms with van der Waals surface area (Å²) < 4.78 is 34.5. The first kappa shape index (κ1) is 25.0. The maximum atomic E-state index is 13.4. The zero-order valence-electron chi connectivity index (χ0n) is 19.7. The van der Waals surface area contributed by atoms with Gasteiger partial charge in [0, 0.05) is 26.1 Å². The van der Waals surface area contributed by atoms with E-state index in [9.17, 15) is 23.1 Å². The minimum atomic E-state index is -4.10. The molecule has 4 rings (SSSR count). The summed E-state index contributed by atoms with van der Waals surface area (Å²) >= 11 is 0. The van der Waals surface area contributed by atoms with Gasteiger partial charge in [-0.15, -0.1) is 0 Å².